The zero-order valence-electron chi connectivity index (χ0n) is 10.6. The van der Waals surface area contributed by atoms with E-state index in [1.54, 1.807) is 0 Å². The highest BCUT2D eigenvalue weighted by Gasteiger charge is 2.27. The summed E-state index contributed by atoms with van der Waals surface area (Å²) in [6.45, 7) is 3.64. The summed E-state index contributed by atoms with van der Waals surface area (Å²) in [4.78, 5) is 25.0. The number of nitrogens with zero attached hydrogens (tertiary/aromatic N) is 1. The standard InChI is InChI=1S/C14H18N2O2/c1-11(17)9-14(18)16-8-7-15-10-13(16)12-5-3-2-4-6-12/h2-6,13,15H,7-10H2,1H3. The van der Waals surface area contributed by atoms with E-state index in [2.05, 4.69) is 5.32 Å². The van der Waals surface area contributed by atoms with Crippen LogP contribution < -0.4 is 5.32 Å². The molecule has 0 saturated carbocycles. The molecule has 4 heteroatoms. The van der Waals surface area contributed by atoms with E-state index < -0.39 is 0 Å². The van der Waals surface area contributed by atoms with Gasteiger partial charge in [-0.1, -0.05) is 30.3 Å². The van der Waals surface area contributed by atoms with E-state index in [0.29, 0.717) is 6.54 Å². The third-order valence-corrected chi connectivity index (χ3v) is 3.15. The van der Waals surface area contributed by atoms with E-state index in [1.165, 1.54) is 6.92 Å². The number of piperazine rings is 1. The second kappa shape index (κ2) is 5.78. The lowest BCUT2D eigenvalue weighted by atomic mass is 10.0. The van der Waals surface area contributed by atoms with Gasteiger partial charge in [0.1, 0.15) is 5.78 Å². The van der Waals surface area contributed by atoms with Crippen molar-refractivity contribution in [1.29, 1.82) is 0 Å². The number of nitrogens with one attached hydrogen (secondary N) is 1. The van der Waals surface area contributed by atoms with Crippen LogP contribution in [0.2, 0.25) is 0 Å². The number of amides is 1. The first-order valence-electron chi connectivity index (χ1n) is 6.23. The van der Waals surface area contributed by atoms with Gasteiger partial charge in [-0.2, -0.15) is 0 Å². The van der Waals surface area contributed by atoms with E-state index in [4.69, 9.17) is 0 Å². The molecule has 0 aliphatic carbocycles. The molecular weight excluding hydrogens is 228 g/mol. The number of rotatable bonds is 3. The molecule has 1 unspecified atom stereocenters. The topological polar surface area (TPSA) is 49.4 Å². The molecule has 0 aromatic heterocycles. The monoisotopic (exact) mass is 246 g/mol. The number of hydrogen-bond acceptors (Lipinski definition) is 3. The molecule has 1 aromatic carbocycles. The molecule has 4 nitrogen and oxygen atoms in total. The number of carbonyl (C=O) groups excluding carboxylic acids is 2. The van der Waals surface area contributed by atoms with Crippen LogP contribution in [-0.2, 0) is 9.59 Å². The lowest BCUT2D eigenvalue weighted by Gasteiger charge is -2.36. The van der Waals surface area contributed by atoms with Crippen LogP contribution in [0.1, 0.15) is 24.9 Å². The molecule has 0 spiro atoms. The van der Waals surface area contributed by atoms with Crippen LogP contribution in [0.25, 0.3) is 0 Å². The van der Waals surface area contributed by atoms with E-state index in [9.17, 15) is 9.59 Å². The number of hydrogen-bond donors (Lipinski definition) is 1. The van der Waals surface area contributed by atoms with Gasteiger partial charge in [0.25, 0.3) is 0 Å². The van der Waals surface area contributed by atoms with Gasteiger partial charge in [0, 0.05) is 19.6 Å². The normalized spacial score (nSPS) is 19.6. The van der Waals surface area contributed by atoms with Gasteiger partial charge in [-0.3, -0.25) is 9.59 Å². The van der Waals surface area contributed by atoms with Crippen LogP contribution in [-0.4, -0.2) is 36.2 Å². The molecule has 1 saturated heterocycles. The maximum Gasteiger partial charge on any atom is 0.230 e. The number of Topliss-reactive ketones (excluding diaryl/α,β-unsaturated/α-hetero) is 1. The molecule has 1 fully saturated rings. The first-order valence-corrected chi connectivity index (χ1v) is 6.23. The largest absolute Gasteiger partial charge is 0.333 e. The minimum absolute atomic E-state index is 0.00331. The van der Waals surface area contributed by atoms with Gasteiger partial charge < -0.3 is 10.2 Å². The van der Waals surface area contributed by atoms with Crippen LogP contribution in [0.4, 0.5) is 0 Å². The molecule has 1 amide bonds. The van der Waals surface area contributed by atoms with E-state index in [0.717, 1.165) is 18.7 Å². The van der Waals surface area contributed by atoms with Crippen molar-refractivity contribution in [3.8, 4) is 0 Å². The fraction of sp³-hybridized carbons (Fsp3) is 0.429. The minimum atomic E-state index is -0.0784. The number of ketones is 1. The second-order valence-corrected chi connectivity index (χ2v) is 4.60. The Bertz CT molecular complexity index is 431. The Balaban J connectivity index is 2.16. The Labute approximate surface area is 107 Å². The average Bonchev–Trinajstić information content (AvgIpc) is 2.39. The lowest BCUT2D eigenvalue weighted by Crippen LogP contribution is -2.49. The van der Waals surface area contributed by atoms with E-state index >= 15 is 0 Å². The van der Waals surface area contributed by atoms with Crippen molar-refractivity contribution >= 4 is 11.7 Å². The van der Waals surface area contributed by atoms with Crippen molar-refractivity contribution in [2.45, 2.75) is 19.4 Å². The Kier molecular flexibility index (Phi) is 4.10. The maximum atomic E-state index is 12.1. The van der Waals surface area contributed by atoms with Crippen molar-refractivity contribution in [2.75, 3.05) is 19.6 Å². The summed E-state index contributed by atoms with van der Waals surface area (Å²) in [5.74, 6) is -0.150. The third kappa shape index (κ3) is 2.96. The van der Waals surface area contributed by atoms with Gasteiger partial charge in [0.2, 0.25) is 5.91 Å². The van der Waals surface area contributed by atoms with Gasteiger partial charge in [0.05, 0.1) is 12.5 Å². The summed E-state index contributed by atoms with van der Waals surface area (Å²) in [6, 6.07) is 9.97. The lowest BCUT2D eigenvalue weighted by molar-refractivity contribution is -0.137. The van der Waals surface area contributed by atoms with Gasteiger partial charge in [0.15, 0.2) is 0 Å². The van der Waals surface area contributed by atoms with Gasteiger partial charge >= 0.3 is 0 Å². The summed E-state index contributed by atoms with van der Waals surface area (Å²) >= 11 is 0. The SMILES string of the molecule is CC(=O)CC(=O)N1CCNCC1c1ccccc1. The first kappa shape index (κ1) is 12.8. The van der Waals surface area contributed by atoms with Crippen molar-refractivity contribution in [3.05, 3.63) is 35.9 Å². The second-order valence-electron chi connectivity index (χ2n) is 4.60. The highest BCUT2D eigenvalue weighted by atomic mass is 16.2. The van der Waals surface area contributed by atoms with Crippen LogP contribution in [0.3, 0.4) is 0 Å². The maximum absolute atomic E-state index is 12.1. The van der Waals surface area contributed by atoms with Crippen molar-refractivity contribution in [3.63, 3.8) is 0 Å². The predicted molar refractivity (Wildman–Crippen MR) is 69.1 cm³/mol. The molecule has 1 atom stereocenters. The van der Waals surface area contributed by atoms with Crippen molar-refractivity contribution in [2.24, 2.45) is 0 Å². The predicted octanol–water partition coefficient (Wildman–Crippen LogP) is 1.14. The molecule has 0 bridgehead atoms. The molecule has 1 aliphatic heterocycles. The summed E-state index contributed by atoms with van der Waals surface area (Å²) in [5, 5.41) is 3.29. The fourth-order valence-corrected chi connectivity index (χ4v) is 2.29. The molecule has 1 N–H and O–H groups in total. The Morgan fingerprint density at radius 2 is 2.06 bits per heavy atom. The molecule has 1 aliphatic rings. The Hall–Kier alpha value is -1.68. The quantitative estimate of drug-likeness (QED) is 0.814. The van der Waals surface area contributed by atoms with E-state index in [1.807, 2.05) is 35.2 Å². The molecular formula is C14H18N2O2. The van der Waals surface area contributed by atoms with Crippen molar-refractivity contribution < 1.29 is 9.59 Å². The van der Waals surface area contributed by atoms with Crippen LogP contribution in [0, 0.1) is 0 Å². The highest BCUT2D eigenvalue weighted by Crippen LogP contribution is 2.22. The zero-order valence-corrected chi connectivity index (χ0v) is 10.6. The van der Waals surface area contributed by atoms with Crippen molar-refractivity contribution in [1.82, 2.24) is 10.2 Å². The van der Waals surface area contributed by atoms with Gasteiger partial charge in [-0.15, -0.1) is 0 Å². The summed E-state index contributed by atoms with van der Waals surface area (Å²) in [7, 11) is 0. The molecule has 18 heavy (non-hydrogen) atoms. The average molecular weight is 246 g/mol. The summed E-state index contributed by atoms with van der Waals surface area (Å²) in [5.41, 5.74) is 1.11. The molecule has 1 aromatic rings. The molecule has 96 valence electrons. The fourth-order valence-electron chi connectivity index (χ4n) is 2.29. The molecule has 1 heterocycles. The number of benzene rings is 1. The smallest absolute Gasteiger partial charge is 0.230 e. The van der Waals surface area contributed by atoms with Crippen LogP contribution in [0.15, 0.2) is 30.3 Å². The molecule has 2 rings (SSSR count). The zero-order chi connectivity index (χ0) is 13.0. The van der Waals surface area contributed by atoms with Gasteiger partial charge in [-0.05, 0) is 12.5 Å². The Morgan fingerprint density at radius 1 is 1.33 bits per heavy atom. The van der Waals surface area contributed by atoms with E-state index in [-0.39, 0.29) is 24.2 Å². The third-order valence-electron chi connectivity index (χ3n) is 3.15. The summed E-state index contributed by atoms with van der Waals surface area (Å²) < 4.78 is 0. The first-order chi connectivity index (χ1) is 8.68. The number of carbonyl (C=O) groups is 2. The summed E-state index contributed by atoms with van der Waals surface area (Å²) in [6.07, 6.45) is 0.00331. The minimum Gasteiger partial charge on any atom is -0.333 e. The highest BCUT2D eigenvalue weighted by molar-refractivity contribution is 5.97. The molecule has 0 radical (unpaired) electrons. The Morgan fingerprint density at radius 3 is 2.72 bits per heavy atom. The van der Waals surface area contributed by atoms with Crippen LogP contribution >= 0.6 is 0 Å². The van der Waals surface area contributed by atoms with Crippen LogP contribution in [0.5, 0.6) is 0 Å². The van der Waals surface area contributed by atoms with Gasteiger partial charge in [-0.25, -0.2) is 0 Å².